The van der Waals surface area contributed by atoms with Crippen LogP contribution in [0.15, 0.2) is 59.7 Å². The van der Waals surface area contributed by atoms with Gasteiger partial charge in [0, 0.05) is 18.2 Å². The highest BCUT2D eigenvalue weighted by Crippen LogP contribution is 2.44. The van der Waals surface area contributed by atoms with Crippen molar-refractivity contribution in [3.63, 3.8) is 0 Å². The number of carbonyl (C=O) groups is 2. The maximum Gasteiger partial charge on any atom is 0.262 e. The van der Waals surface area contributed by atoms with Crippen LogP contribution in [0.25, 0.3) is 11.5 Å². The number of nitrogens with zero attached hydrogens (tertiary/aromatic N) is 1. The van der Waals surface area contributed by atoms with Gasteiger partial charge in [0.1, 0.15) is 5.76 Å². The van der Waals surface area contributed by atoms with Crippen molar-refractivity contribution < 1.29 is 14.3 Å². The molecule has 1 aliphatic carbocycles. The number of hydrogen-bond acceptors (Lipinski definition) is 3. The number of fused-ring (bicyclic) bond motifs is 2. The Morgan fingerprint density at radius 2 is 1.59 bits per heavy atom. The van der Waals surface area contributed by atoms with Gasteiger partial charge in [0.15, 0.2) is 5.78 Å². The zero-order valence-electron chi connectivity index (χ0n) is 15.7. The summed E-state index contributed by atoms with van der Waals surface area (Å²) in [4.78, 5) is 28.0. The maximum atomic E-state index is 13.3. The number of rotatable bonds is 4. The normalized spacial score (nSPS) is 16.0. The second-order valence-corrected chi connectivity index (χ2v) is 6.88. The van der Waals surface area contributed by atoms with Gasteiger partial charge in [-0.2, -0.15) is 0 Å². The van der Waals surface area contributed by atoms with E-state index in [2.05, 4.69) is 0 Å². The van der Waals surface area contributed by atoms with Crippen LogP contribution in [0.4, 0.5) is 0 Å². The Kier molecular flexibility index (Phi) is 4.19. The number of ketones is 1. The van der Waals surface area contributed by atoms with Crippen LogP contribution in [0, 0.1) is 6.92 Å². The van der Waals surface area contributed by atoms with Crippen molar-refractivity contribution in [1.29, 1.82) is 0 Å². The lowest BCUT2D eigenvalue weighted by atomic mass is 9.85. The lowest BCUT2D eigenvalue weighted by Gasteiger charge is -2.21. The standard InChI is InChI=1S/C23H21NO3/c1-4-13-27-22-17-8-6-5-7-16(17)21(25)18-19(22)23(26)24(3)20(18)15-11-9-14(2)10-12-15/h5-12H,4,13H2,1-3H3. The largest absolute Gasteiger partial charge is 0.492 e. The topological polar surface area (TPSA) is 46.6 Å². The summed E-state index contributed by atoms with van der Waals surface area (Å²) in [5, 5.41) is 0. The van der Waals surface area contributed by atoms with Crippen molar-refractivity contribution in [2.75, 3.05) is 13.7 Å². The average molecular weight is 359 g/mol. The Morgan fingerprint density at radius 1 is 0.926 bits per heavy atom. The summed E-state index contributed by atoms with van der Waals surface area (Å²) in [6.07, 6.45) is 0.820. The van der Waals surface area contributed by atoms with Crippen molar-refractivity contribution in [3.8, 4) is 0 Å². The number of likely N-dealkylation sites (N-methyl/N-ethyl adjacent to an activating group) is 1. The minimum atomic E-state index is -0.200. The Bertz CT molecular complexity index is 1010. The maximum absolute atomic E-state index is 13.3. The number of benzene rings is 2. The number of hydrogen-bond donors (Lipinski definition) is 0. The van der Waals surface area contributed by atoms with Gasteiger partial charge >= 0.3 is 0 Å². The zero-order chi connectivity index (χ0) is 19.1. The van der Waals surface area contributed by atoms with E-state index in [9.17, 15) is 9.59 Å². The van der Waals surface area contributed by atoms with Crippen LogP contribution in [0.3, 0.4) is 0 Å². The van der Waals surface area contributed by atoms with Crippen LogP contribution in [0.5, 0.6) is 0 Å². The van der Waals surface area contributed by atoms with Crippen molar-refractivity contribution in [1.82, 2.24) is 4.90 Å². The molecule has 1 heterocycles. The third-order valence-electron chi connectivity index (χ3n) is 4.99. The van der Waals surface area contributed by atoms with Crippen LogP contribution in [-0.2, 0) is 9.53 Å². The fourth-order valence-electron chi connectivity index (χ4n) is 3.65. The van der Waals surface area contributed by atoms with Gasteiger partial charge < -0.3 is 9.64 Å². The molecule has 2 aromatic carbocycles. The Hall–Kier alpha value is -3.14. The van der Waals surface area contributed by atoms with E-state index in [1.807, 2.05) is 56.3 Å². The second-order valence-electron chi connectivity index (χ2n) is 6.88. The first-order chi connectivity index (χ1) is 13.0. The van der Waals surface area contributed by atoms with Crippen LogP contribution < -0.4 is 0 Å². The average Bonchev–Trinajstić information content (AvgIpc) is 2.94. The lowest BCUT2D eigenvalue weighted by Crippen LogP contribution is -2.22. The quantitative estimate of drug-likeness (QED) is 0.821. The highest BCUT2D eigenvalue weighted by Gasteiger charge is 2.44. The van der Waals surface area contributed by atoms with Gasteiger partial charge in [-0.25, -0.2) is 0 Å². The predicted octanol–water partition coefficient (Wildman–Crippen LogP) is 4.21. The SMILES string of the molecule is CCCOC1=C2C(=O)N(C)C(c3ccc(C)cc3)=C2C(=O)c2ccccc21. The summed E-state index contributed by atoms with van der Waals surface area (Å²) in [5.74, 6) is 0.188. The molecule has 1 aliphatic heterocycles. The Balaban J connectivity index is 2.02. The summed E-state index contributed by atoms with van der Waals surface area (Å²) >= 11 is 0. The van der Waals surface area contributed by atoms with E-state index in [1.165, 1.54) is 0 Å². The third kappa shape index (κ3) is 2.60. The minimum Gasteiger partial charge on any atom is -0.492 e. The van der Waals surface area contributed by atoms with Gasteiger partial charge in [-0.15, -0.1) is 0 Å². The van der Waals surface area contributed by atoms with Gasteiger partial charge in [-0.1, -0.05) is 61.0 Å². The molecule has 4 rings (SSSR count). The van der Waals surface area contributed by atoms with E-state index in [1.54, 1.807) is 18.0 Å². The molecule has 0 saturated carbocycles. The van der Waals surface area contributed by atoms with Crippen LogP contribution >= 0.6 is 0 Å². The Morgan fingerprint density at radius 3 is 2.26 bits per heavy atom. The minimum absolute atomic E-state index is 0.127. The van der Waals surface area contributed by atoms with Crippen molar-refractivity contribution in [3.05, 3.63) is 81.9 Å². The molecule has 4 heteroatoms. The molecule has 136 valence electrons. The molecule has 0 bridgehead atoms. The first-order valence-corrected chi connectivity index (χ1v) is 9.15. The van der Waals surface area contributed by atoms with Crippen LogP contribution in [0.2, 0.25) is 0 Å². The molecule has 4 nitrogen and oxygen atoms in total. The Labute approximate surface area is 158 Å². The molecule has 0 saturated heterocycles. The summed E-state index contributed by atoms with van der Waals surface area (Å²) in [6.45, 7) is 4.52. The van der Waals surface area contributed by atoms with Gasteiger partial charge in [-0.05, 0) is 18.9 Å². The first-order valence-electron chi connectivity index (χ1n) is 9.15. The molecule has 0 fully saturated rings. The number of Topliss-reactive ketones (excluding diaryl/α,β-unsaturated/α-hetero) is 1. The molecule has 2 aromatic rings. The fraction of sp³-hybridized carbons (Fsp3) is 0.217. The first kappa shape index (κ1) is 17.3. The monoisotopic (exact) mass is 359 g/mol. The van der Waals surface area contributed by atoms with Crippen LogP contribution in [-0.4, -0.2) is 30.2 Å². The molecule has 0 radical (unpaired) electrons. The van der Waals surface area contributed by atoms with Crippen molar-refractivity contribution in [2.45, 2.75) is 20.3 Å². The molecule has 27 heavy (non-hydrogen) atoms. The fourth-order valence-corrected chi connectivity index (χ4v) is 3.65. The van der Waals surface area contributed by atoms with Crippen LogP contribution in [0.1, 0.15) is 40.4 Å². The molecule has 0 unspecified atom stereocenters. The number of ether oxygens (including phenoxy) is 1. The van der Waals surface area contributed by atoms with Crippen molar-refractivity contribution in [2.24, 2.45) is 0 Å². The zero-order valence-corrected chi connectivity index (χ0v) is 15.7. The molecular weight excluding hydrogens is 338 g/mol. The summed E-state index contributed by atoms with van der Waals surface area (Å²) in [5.41, 5.74) is 4.72. The smallest absolute Gasteiger partial charge is 0.262 e. The van der Waals surface area contributed by atoms with Gasteiger partial charge in [0.2, 0.25) is 0 Å². The molecule has 2 aliphatic rings. The highest BCUT2D eigenvalue weighted by atomic mass is 16.5. The van der Waals surface area contributed by atoms with Crippen molar-refractivity contribution >= 4 is 23.1 Å². The van der Waals surface area contributed by atoms with Gasteiger partial charge in [0.25, 0.3) is 5.91 Å². The van der Waals surface area contributed by atoms with E-state index >= 15 is 0 Å². The van der Waals surface area contributed by atoms with E-state index in [0.717, 1.165) is 17.5 Å². The summed E-state index contributed by atoms with van der Waals surface area (Å²) < 4.78 is 5.99. The lowest BCUT2D eigenvalue weighted by molar-refractivity contribution is -0.122. The number of carbonyl (C=O) groups excluding carboxylic acids is 2. The van der Waals surface area contributed by atoms with E-state index < -0.39 is 0 Å². The molecular formula is C23H21NO3. The van der Waals surface area contributed by atoms with Gasteiger partial charge in [-0.3, -0.25) is 9.59 Å². The molecule has 0 N–H and O–H groups in total. The number of amides is 1. The number of aryl methyl sites for hydroxylation is 1. The summed E-state index contributed by atoms with van der Waals surface area (Å²) in [7, 11) is 1.71. The third-order valence-corrected chi connectivity index (χ3v) is 4.99. The molecule has 0 aromatic heterocycles. The van der Waals surface area contributed by atoms with E-state index in [4.69, 9.17) is 4.74 Å². The summed E-state index contributed by atoms with van der Waals surface area (Å²) in [6, 6.07) is 15.2. The predicted molar refractivity (Wildman–Crippen MR) is 105 cm³/mol. The van der Waals surface area contributed by atoms with E-state index in [0.29, 0.717) is 40.3 Å². The molecule has 0 spiro atoms. The molecule has 0 atom stereocenters. The van der Waals surface area contributed by atoms with E-state index in [-0.39, 0.29) is 11.7 Å². The second kappa shape index (κ2) is 6.54. The van der Waals surface area contributed by atoms with Gasteiger partial charge in [0.05, 0.1) is 23.5 Å². The highest BCUT2D eigenvalue weighted by molar-refractivity contribution is 6.32. The molecule has 1 amide bonds.